The summed E-state index contributed by atoms with van der Waals surface area (Å²) in [7, 11) is -3.70. The number of rotatable bonds is 7. The van der Waals surface area contributed by atoms with Gasteiger partial charge >= 0.3 is 0 Å². The van der Waals surface area contributed by atoms with Crippen molar-refractivity contribution in [2.75, 3.05) is 25.0 Å². The van der Waals surface area contributed by atoms with Gasteiger partial charge < -0.3 is 10.1 Å². The van der Waals surface area contributed by atoms with E-state index in [0.29, 0.717) is 47.6 Å². The summed E-state index contributed by atoms with van der Waals surface area (Å²) in [6.45, 7) is 3.13. The lowest BCUT2D eigenvalue weighted by molar-refractivity contribution is -0.383. The second-order valence-electron chi connectivity index (χ2n) is 7.14. The van der Waals surface area contributed by atoms with Crippen molar-refractivity contribution in [2.45, 2.75) is 24.7 Å². The number of nitro benzene ring substituents is 1. The molecule has 0 atom stereocenters. The zero-order valence-corrected chi connectivity index (χ0v) is 17.8. The molecule has 1 aromatic heterocycles. The third kappa shape index (κ3) is 4.04. The van der Waals surface area contributed by atoms with Crippen LogP contribution in [0.5, 0.6) is 5.75 Å². The maximum atomic E-state index is 13.2. The van der Waals surface area contributed by atoms with Crippen molar-refractivity contribution in [3.05, 3.63) is 58.9 Å². The molecule has 0 unspecified atom stereocenters. The molecule has 31 heavy (non-hydrogen) atoms. The molecule has 9 nitrogen and oxygen atoms in total. The number of benzene rings is 2. The maximum absolute atomic E-state index is 13.2. The van der Waals surface area contributed by atoms with Crippen LogP contribution in [0.3, 0.4) is 0 Å². The van der Waals surface area contributed by atoms with E-state index in [4.69, 9.17) is 4.74 Å². The van der Waals surface area contributed by atoms with Gasteiger partial charge in [-0.15, -0.1) is 0 Å². The summed E-state index contributed by atoms with van der Waals surface area (Å²) in [5.41, 5.74) is 1.10. The Hall–Kier alpha value is -3.24. The summed E-state index contributed by atoms with van der Waals surface area (Å²) < 4.78 is 33.5. The first-order valence-corrected chi connectivity index (χ1v) is 11.4. The fraction of sp³-hybridized carbons (Fsp3) is 0.286. The number of nitro groups is 1. The second-order valence-corrected chi connectivity index (χ2v) is 9.05. The summed E-state index contributed by atoms with van der Waals surface area (Å²) >= 11 is 0. The lowest BCUT2D eigenvalue weighted by Crippen LogP contribution is -2.28. The summed E-state index contributed by atoms with van der Waals surface area (Å²) in [6.07, 6.45) is 4.67. The molecule has 1 aliphatic heterocycles. The van der Waals surface area contributed by atoms with Gasteiger partial charge in [-0.05, 0) is 50.1 Å². The van der Waals surface area contributed by atoms with E-state index in [2.05, 4.69) is 10.3 Å². The SMILES string of the molecule is CCOc1ccc(Nc2ccc([N+](=O)[O-])c3cnccc23)cc1S(=O)(=O)N1CCCC1. The number of ether oxygens (including phenoxy) is 1. The largest absolute Gasteiger partial charge is 0.492 e. The van der Waals surface area contributed by atoms with Crippen molar-refractivity contribution in [2.24, 2.45) is 0 Å². The van der Waals surface area contributed by atoms with E-state index >= 15 is 0 Å². The van der Waals surface area contributed by atoms with E-state index in [9.17, 15) is 18.5 Å². The van der Waals surface area contributed by atoms with Gasteiger partial charge in [0.15, 0.2) is 0 Å². The average Bonchev–Trinajstić information content (AvgIpc) is 3.31. The molecule has 0 saturated carbocycles. The van der Waals surface area contributed by atoms with Gasteiger partial charge in [-0.25, -0.2) is 8.42 Å². The molecule has 1 aliphatic rings. The summed E-state index contributed by atoms with van der Waals surface area (Å²) in [4.78, 5) is 15.0. The highest BCUT2D eigenvalue weighted by molar-refractivity contribution is 7.89. The molecule has 2 heterocycles. The van der Waals surface area contributed by atoms with Gasteiger partial charge in [-0.1, -0.05) is 0 Å². The molecule has 1 saturated heterocycles. The van der Waals surface area contributed by atoms with Crippen molar-refractivity contribution in [1.29, 1.82) is 0 Å². The van der Waals surface area contributed by atoms with Crippen LogP contribution in [0.15, 0.2) is 53.7 Å². The smallest absolute Gasteiger partial charge is 0.278 e. The first-order chi connectivity index (χ1) is 14.9. The number of nitrogens with one attached hydrogen (secondary N) is 1. The van der Waals surface area contributed by atoms with Crippen molar-refractivity contribution >= 4 is 37.9 Å². The Morgan fingerprint density at radius 1 is 1.16 bits per heavy atom. The van der Waals surface area contributed by atoms with Crippen molar-refractivity contribution in [3.8, 4) is 5.75 Å². The first kappa shape index (κ1) is 21.0. The van der Waals surface area contributed by atoms with Crippen LogP contribution in [-0.4, -0.2) is 42.3 Å². The van der Waals surface area contributed by atoms with Crippen molar-refractivity contribution in [3.63, 3.8) is 0 Å². The van der Waals surface area contributed by atoms with Crippen LogP contribution >= 0.6 is 0 Å². The average molecular weight is 442 g/mol. The monoisotopic (exact) mass is 442 g/mol. The molecule has 0 amide bonds. The molecular formula is C21H22N4O5S. The number of nitrogens with zero attached hydrogens (tertiary/aromatic N) is 3. The second kappa shape index (κ2) is 8.48. The van der Waals surface area contributed by atoms with Gasteiger partial charge in [-0.2, -0.15) is 4.31 Å². The standard InChI is InChI=1S/C21H22N4O5S/c1-2-30-20-8-5-15(13-21(20)31(28,29)24-11-3-4-12-24)23-18-6-7-19(25(26)27)17-14-22-10-9-16(17)18/h5-10,13-14,23H,2-4,11-12H2,1H3. The van der Waals surface area contributed by atoms with Crippen molar-refractivity contribution < 1.29 is 18.1 Å². The van der Waals surface area contributed by atoms with Crippen LogP contribution in [0.1, 0.15) is 19.8 Å². The van der Waals surface area contributed by atoms with Gasteiger partial charge in [0, 0.05) is 48.3 Å². The van der Waals surface area contributed by atoms with Crippen LogP contribution in [0.2, 0.25) is 0 Å². The summed E-state index contributed by atoms with van der Waals surface area (Å²) in [5.74, 6) is 0.303. The fourth-order valence-corrected chi connectivity index (χ4v) is 5.40. The number of non-ortho nitro benzene ring substituents is 1. The van der Waals surface area contributed by atoms with Gasteiger partial charge in [0.2, 0.25) is 10.0 Å². The number of aromatic nitrogens is 1. The minimum atomic E-state index is -3.70. The molecule has 1 fully saturated rings. The highest BCUT2D eigenvalue weighted by Crippen LogP contribution is 2.35. The zero-order valence-electron chi connectivity index (χ0n) is 16.9. The molecule has 0 spiro atoms. The quantitative estimate of drug-likeness (QED) is 0.433. The number of fused-ring (bicyclic) bond motifs is 1. The number of hydrogen-bond acceptors (Lipinski definition) is 7. The first-order valence-electron chi connectivity index (χ1n) is 9.97. The molecule has 2 aromatic carbocycles. The zero-order chi connectivity index (χ0) is 22.0. The summed E-state index contributed by atoms with van der Waals surface area (Å²) in [5, 5.41) is 15.5. The number of anilines is 2. The molecule has 4 rings (SSSR count). The lowest BCUT2D eigenvalue weighted by Gasteiger charge is -2.19. The van der Waals surface area contributed by atoms with E-state index in [1.165, 1.54) is 16.6 Å². The topological polar surface area (TPSA) is 115 Å². The molecule has 1 N–H and O–H groups in total. The minimum absolute atomic E-state index is 0.0438. The highest BCUT2D eigenvalue weighted by Gasteiger charge is 2.30. The van der Waals surface area contributed by atoms with E-state index in [0.717, 1.165) is 12.8 Å². The molecule has 10 heteroatoms. The van der Waals surface area contributed by atoms with Crippen LogP contribution < -0.4 is 10.1 Å². The van der Waals surface area contributed by atoms with Crippen LogP contribution in [0.4, 0.5) is 17.1 Å². The van der Waals surface area contributed by atoms with Gasteiger partial charge in [0.25, 0.3) is 5.69 Å². The van der Waals surface area contributed by atoms with Crippen molar-refractivity contribution in [1.82, 2.24) is 9.29 Å². The molecule has 0 bridgehead atoms. The predicted molar refractivity (Wildman–Crippen MR) is 117 cm³/mol. The molecular weight excluding hydrogens is 420 g/mol. The van der Waals surface area contributed by atoms with Gasteiger partial charge in [-0.3, -0.25) is 15.1 Å². The Morgan fingerprint density at radius 2 is 1.94 bits per heavy atom. The third-order valence-electron chi connectivity index (χ3n) is 5.20. The van der Waals surface area contributed by atoms with E-state index in [1.54, 1.807) is 43.5 Å². The minimum Gasteiger partial charge on any atom is -0.492 e. The van der Waals surface area contributed by atoms with Crippen LogP contribution in [0, 0.1) is 10.1 Å². The van der Waals surface area contributed by atoms with E-state index in [-0.39, 0.29) is 10.6 Å². The Kier molecular flexibility index (Phi) is 5.75. The fourth-order valence-electron chi connectivity index (χ4n) is 3.73. The molecule has 162 valence electrons. The Balaban J connectivity index is 1.77. The Morgan fingerprint density at radius 3 is 2.65 bits per heavy atom. The molecule has 0 radical (unpaired) electrons. The third-order valence-corrected chi connectivity index (χ3v) is 7.12. The number of pyridine rings is 1. The van der Waals surface area contributed by atoms with Gasteiger partial charge in [0.1, 0.15) is 10.6 Å². The Bertz CT molecular complexity index is 1240. The Labute approximate surface area is 179 Å². The van der Waals surface area contributed by atoms with Crippen LogP contribution in [0.25, 0.3) is 10.8 Å². The maximum Gasteiger partial charge on any atom is 0.278 e. The van der Waals surface area contributed by atoms with Gasteiger partial charge in [0.05, 0.1) is 16.9 Å². The highest BCUT2D eigenvalue weighted by atomic mass is 32.2. The normalized spacial score (nSPS) is 14.6. The number of sulfonamides is 1. The molecule has 3 aromatic rings. The van der Waals surface area contributed by atoms with E-state index in [1.807, 2.05) is 0 Å². The predicted octanol–water partition coefficient (Wildman–Crippen LogP) is 4.07. The van der Waals surface area contributed by atoms with Crippen LogP contribution in [-0.2, 0) is 10.0 Å². The summed E-state index contributed by atoms with van der Waals surface area (Å²) in [6, 6.07) is 9.59. The molecule has 0 aliphatic carbocycles. The number of hydrogen-bond donors (Lipinski definition) is 1. The lowest BCUT2D eigenvalue weighted by atomic mass is 10.1. The van der Waals surface area contributed by atoms with E-state index < -0.39 is 14.9 Å².